The van der Waals surface area contributed by atoms with Crippen LogP contribution in [-0.4, -0.2) is 27.1 Å². The zero-order chi connectivity index (χ0) is 10.6. The Labute approximate surface area is 80.0 Å². The minimum absolute atomic E-state index is 0.417. The Bertz CT molecular complexity index is 336. The Hall–Kier alpha value is -1.91. The lowest BCUT2D eigenvalue weighted by Gasteiger charge is -2.08. The first kappa shape index (κ1) is 10.2. The highest BCUT2D eigenvalue weighted by molar-refractivity contribution is 5.82. The van der Waals surface area contributed by atoms with E-state index < -0.39 is 24.3 Å². The fourth-order valence-corrected chi connectivity index (χ4v) is 1.12. The van der Waals surface area contributed by atoms with Gasteiger partial charge in [0.15, 0.2) is 0 Å². The molecule has 14 heavy (non-hydrogen) atoms. The van der Waals surface area contributed by atoms with E-state index in [0.29, 0.717) is 5.56 Å². The molecule has 1 atom stereocenters. The number of carboxylic acids is 2. The molecule has 0 aromatic carbocycles. The van der Waals surface area contributed by atoms with E-state index in [1.54, 1.807) is 0 Å². The van der Waals surface area contributed by atoms with Gasteiger partial charge in [0.05, 0.1) is 12.3 Å². The number of carbonyl (C=O) groups is 2. The molecule has 0 radical (unpaired) electrons. The van der Waals surface area contributed by atoms with E-state index in [4.69, 9.17) is 10.2 Å². The maximum Gasteiger partial charge on any atom is 0.311 e. The molecular formula is C9H9NO4. The van der Waals surface area contributed by atoms with Crippen molar-refractivity contribution in [3.05, 3.63) is 30.1 Å². The Morgan fingerprint density at radius 3 is 2.29 bits per heavy atom. The average Bonchev–Trinajstić information content (AvgIpc) is 2.15. The summed E-state index contributed by atoms with van der Waals surface area (Å²) in [6.45, 7) is 0. The molecule has 0 fully saturated rings. The largest absolute Gasteiger partial charge is 0.481 e. The second-order valence-corrected chi connectivity index (χ2v) is 2.77. The van der Waals surface area contributed by atoms with E-state index in [1.807, 2.05) is 0 Å². The lowest BCUT2D eigenvalue weighted by atomic mass is 9.97. The molecule has 2 N–H and O–H groups in total. The van der Waals surface area contributed by atoms with Crippen molar-refractivity contribution in [2.75, 3.05) is 0 Å². The van der Waals surface area contributed by atoms with Crippen LogP contribution >= 0.6 is 0 Å². The minimum atomic E-state index is -1.14. The van der Waals surface area contributed by atoms with E-state index >= 15 is 0 Å². The summed E-state index contributed by atoms with van der Waals surface area (Å²) in [5, 5.41) is 17.3. The summed E-state index contributed by atoms with van der Waals surface area (Å²) in [5.74, 6) is -3.27. The van der Waals surface area contributed by atoms with Crippen molar-refractivity contribution in [3.63, 3.8) is 0 Å². The minimum Gasteiger partial charge on any atom is -0.481 e. The molecule has 0 aliphatic rings. The zero-order valence-electron chi connectivity index (χ0n) is 7.25. The van der Waals surface area contributed by atoms with Gasteiger partial charge in [-0.1, -0.05) is 0 Å². The molecule has 0 aliphatic carbocycles. The van der Waals surface area contributed by atoms with Gasteiger partial charge < -0.3 is 10.2 Å². The van der Waals surface area contributed by atoms with Crippen LogP contribution in [0.15, 0.2) is 24.5 Å². The molecule has 1 rings (SSSR count). The van der Waals surface area contributed by atoms with E-state index in [0.717, 1.165) is 0 Å². The number of hydrogen-bond acceptors (Lipinski definition) is 3. The van der Waals surface area contributed by atoms with Gasteiger partial charge in [0.25, 0.3) is 0 Å². The third-order valence-corrected chi connectivity index (χ3v) is 1.79. The fraction of sp³-hybridized carbons (Fsp3) is 0.222. The third-order valence-electron chi connectivity index (χ3n) is 1.79. The van der Waals surface area contributed by atoms with Crippen molar-refractivity contribution < 1.29 is 19.8 Å². The quantitative estimate of drug-likeness (QED) is 0.739. The molecule has 74 valence electrons. The van der Waals surface area contributed by atoms with Crippen LogP contribution in [0.4, 0.5) is 0 Å². The predicted molar refractivity (Wildman–Crippen MR) is 46.9 cm³/mol. The van der Waals surface area contributed by atoms with E-state index in [1.165, 1.54) is 24.5 Å². The molecule has 5 nitrogen and oxygen atoms in total. The highest BCUT2D eigenvalue weighted by Gasteiger charge is 2.22. The lowest BCUT2D eigenvalue weighted by molar-refractivity contribution is -0.145. The molecule has 0 aliphatic heterocycles. The first-order valence-electron chi connectivity index (χ1n) is 3.96. The van der Waals surface area contributed by atoms with Crippen LogP contribution in [0.1, 0.15) is 17.9 Å². The number of aliphatic carboxylic acids is 2. The van der Waals surface area contributed by atoms with Gasteiger partial charge in [0, 0.05) is 12.4 Å². The number of hydrogen-bond donors (Lipinski definition) is 2. The van der Waals surface area contributed by atoms with Crippen molar-refractivity contribution in [2.45, 2.75) is 12.3 Å². The summed E-state index contributed by atoms with van der Waals surface area (Å²) >= 11 is 0. The molecule has 0 saturated carbocycles. The summed E-state index contributed by atoms with van der Waals surface area (Å²) in [6, 6.07) is 3.00. The Morgan fingerprint density at radius 1 is 1.29 bits per heavy atom. The zero-order valence-corrected chi connectivity index (χ0v) is 7.25. The Morgan fingerprint density at radius 2 is 1.86 bits per heavy atom. The van der Waals surface area contributed by atoms with Crippen molar-refractivity contribution in [1.82, 2.24) is 4.98 Å². The molecule has 1 aromatic rings. The van der Waals surface area contributed by atoms with Crippen molar-refractivity contribution in [3.8, 4) is 0 Å². The third kappa shape index (κ3) is 2.55. The molecular weight excluding hydrogens is 186 g/mol. The van der Waals surface area contributed by atoms with Crippen LogP contribution in [0.2, 0.25) is 0 Å². The first-order valence-corrected chi connectivity index (χ1v) is 3.96. The summed E-state index contributed by atoms with van der Waals surface area (Å²) in [5.41, 5.74) is 0.454. The number of carboxylic acid groups (broad SMARTS) is 2. The Kier molecular flexibility index (Phi) is 3.17. The molecule has 1 aromatic heterocycles. The van der Waals surface area contributed by atoms with E-state index in [2.05, 4.69) is 4.98 Å². The molecule has 5 heteroatoms. The van der Waals surface area contributed by atoms with Gasteiger partial charge in [0.2, 0.25) is 0 Å². The predicted octanol–water partition coefficient (Wildman–Crippen LogP) is 0.725. The van der Waals surface area contributed by atoms with E-state index in [9.17, 15) is 9.59 Å². The van der Waals surface area contributed by atoms with Gasteiger partial charge in [-0.3, -0.25) is 14.6 Å². The molecule has 0 spiro atoms. The highest BCUT2D eigenvalue weighted by atomic mass is 16.4. The first-order chi connectivity index (χ1) is 6.61. The topological polar surface area (TPSA) is 87.5 Å². The second kappa shape index (κ2) is 4.36. The van der Waals surface area contributed by atoms with Gasteiger partial charge in [-0.2, -0.15) is 0 Å². The maximum absolute atomic E-state index is 10.8. The SMILES string of the molecule is O=C(O)CC(C(=O)O)c1ccncc1. The summed E-state index contributed by atoms with van der Waals surface area (Å²) in [7, 11) is 0. The lowest BCUT2D eigenvalue weighted by Crippen LogP contribution is -2.15. The number of aromatic nitrogens is 1. The maximum atomic E-state index is 10.8. The van der Waals surface area contributed by atoms with E-state index in [-0.39, 0.29) is 0 Å². The van der Waals surface area contributed by atoms with Gasteiger partial charge in [-0.25, -0.2) is 0 Å². The average molecular weight is 195 g/mol. The fourth-order valence-electron chi connectivity index (χ4n) is 1.12. The van der Waals surface area contributed by atoms with Crippen LogP contribution in [0.3, 0.4) is 0 Å². The normalized spacial score (nSPS) is 12.0. The molecule has 0 saturated heterocycles. The summed E-state index contributed by atoms with van der Waals surface area (Å²) in [4.78, 5) is 24.9. The van der Waals surface area contributed by atoms with Gasteiger partial charge >= 0.3 is 11.9 Å². The number of nitrogens with zero attached hydrogens (tertiary/aromatic N) is 1. The molecule has 0 amide bonds. The van der Waals surface area contributed by atoms with Gasteiger partial charge in [-0.15, -0.1) is 0 Å². The number of rotatable bonds is 4. The molecule has 0 bridgehead atoms. The monoisotopic (exact) mass is 195 g/mol. The van der Waals surface area contributed by atoms with Crippen LogP contribution in [0.5, 0.6) is 0 Å². The van der Waals surface area contributed by atoms with Crippen LogP contribution < -0.4 is 0 Å². The smallest absolute Gasteiger partial charge is 0.311 e. The van der Waals surface area contributed by atoms with Gasteiger partial charge in [0.1, 0.15) is 0 Å². The summed E-state index contributed by atoms with van der Waals surface area (Å²) in [6.07, 6.45) is 2.46. The standard InChI is InChI=1S/C9H9NO4/c11-8(12)5-7(9(13)14)6-1-3-10-4-2-6/h1-4,7H,5H2,(H,11,12)(H,13,14). The van der Waals surface area contributed by atoms with Crippen molar-refractivity contribution in [1.29, 1.82) is 0 Å². The Balaban J connectivity index is 2.89. The van der Waals surface area contributed by atoms with Crippen LogP contribution in [-0.2, 0) is 9.59 Å². The second-order valence-electron chi connectivity index (χ2n) is 2.77. The number of pyridine rings is 1. The summed E-state index contributed by atoms with van der Waals surface area (Å²) < 4.78 is 0. The van der Waals surface area contributed by atoms with Crippen LogP contribution in [0, 0.1) is 0 Å². The van der Waals surface area contributed by atoms with Crippen molar-refractivity contribution >= 4 is 11.9 Å². The van der Waals surface area contributed by atoms with Gasteiger partial charge in [-0.05, 0) is 17.7 Å². The molecule has 1 unspecified atom stereocenters. The highest BCUT2D eigenvalue weighted by Crippen LogP contribution is 2.18. The molecule has 1 heterocycles. The van der Waals surface area contributed by atoms with Crippen LogP contribution in [0.25, 0.3) is 0 Å². The van der Waals surface area contributed by atoms with Crippen molar-refractivity contribution in [2.24, 2.45) is 0 Å².